The van der Waals surface area contributed by atoms with Gasteiger partial charge in [-0.15, -0.1) is 0 Å². The molecular weight excluding hydrogens is 302 g/mol. The highest BCUT2D eigenvalue weighted by Gasteiger charge is 2.28. The maximum Gasteiger partial charge on any atom is 0.230 e. The van der Waals surface area contributed by atoms with E-state index in [1.807, 2.05) is 0 Å². The predicted octanol–water partition coefficient (Wildman–Crippen LogP) is -0.964. The Morgan fingerprint density at radius 1 is 1.40 bits per heavy atom. The third kappa shape index (κ3) is 4.23. The van der Waals surface area contributed by atoms with Crippen molar-refractivity contribution in [2.24, 2.45) is 0 Å². The second-order valence-electron chi connectivity index (χ2n) is 4.46. The van der Waals surface area contributed by atoms with E-state index in [1.54, 1.807) is 0 Å². The van der Waals surface area contributed by atoms with Crippen molar-refractivity contribution >= 4 is 39.1 Å². The van der Waals surface area contributed by atoms with E-state index >= 15 is 0 Å². The number of carbonyl (C=O) groups is 1. The third-order valence-electron chi connectivity index (χ3n) is 2.68. The molecule has 2 heterocycles. The molecule has 1 saturated heterocycles. The lowest BCUT2D eigenvalue weighted by Crippen LogP contribution is -2.36. The summed E-state index contributed by atoms with van der Waals surface area (Å²) in [5, 5.41) is 2.99. The molecule has 1 amide bonds. The second-order valence-corrected chi connectivity index (χ2v) is 7.63. The SMILES string of the molecule is Nc1cc(N)nc(SCC(=O)N[C@@H]2CCS(=O)(=O)C2)n1. The quantitative estimate of drug-likeness (QED) is 0.476. The first-order valence-corrected chi connectivity index (χ1v) is 8.67. The molecule has 0 unspecified atom stereocenters. The maximum absolute atomic E-state index is 11.7. The molecule has 10 heteroatoms. The molecule has 0 spiro atoms. The Morgan fingerprint density at radius 3 is 2.60 bits per heavy atom. The van der Waals surface area contributed by atoms with Crippen LogP contribution in [0.1, 0.15) is 6.42 Å². The van der Waals surface area contributed by atoms with Gasteiger partial charge in [-0.1, -0.05) is 11.8 Å². The molecule has 110 valence electrons. The normalized spacial score (nSPS) is 20.7. The Hall–Kier alpha value is -1.55. The number of carbonyl (C=O) groups excluding carboxylic acids is 1. The first kappa shape index (κ1) is 14.9. The smallest absolute Gasteiger partial charge is 0.230 e. The van der Waals surface area contributed by atoms with Crippen LogP contribution in [0.15, 0.2) is 11.2 Å². The van der Waals surface area contributed by atoms with Crippen molar-refractivity contribution in [3.63, 3.8) is 0 Å². The summed E-state index contributed by atoms with van der Waals surface area (Å²) in [6.45, 7) is 0. The predicted molar refractivity (Wildman–Crippen MR) is 76.8 cm³/mol. The van der Waals surface area contributed by atoms with Crippen LogP contribution in [-0.2, 0) is 14.6 Å². The van der Waals surface area contributed by atoms with Crippen LogP contribution in [0.2, 0.25) is 0 Å². The van der Waals surface area contributed by atoms with Crippen molar-refractivity contribution in [2.45, 2.75) is 17.6 Å². The Balaban J connectivity index is 1.83. The highest BCUT2D eigenvalue weighted by molar-refractivity contribution is 7.99. The number of nitrogens with two attached hydrogens (primary N) is 2. The average molecular weight is 317 g/mol. The van der Waals surface area contributed by atoms with Crippen LogP contribution in [0, 0.1) is 0 Å². The minimum absolute atomic E-state index is 0.00510. The van der Waals surface area contributed by atoms with Crippen molar-refractivity contribution in [2.75, 3.05) is 28.7 Å². The van der Waals surface area contributed by atoms with Crippen LogP contribution < -0.4 is 16.8 Å². The summed E-state index contributed by atoms with van der Waals surface area (Å²) >= 11 is 1.10. The van der Waals surface area contributed by atoms with Crippen molar-refractivity contribution in [1.82, 2.24) is 15.3 Å². The number of amides is 1. The number of hydrogen-bond acceptors (Lipinski definition) is 8. The van der Waals surface area contributed by atoms with Crippen molar-refractivity contribution in [3.05, 3.63) is 6.07 Å². The van der Waals surface area contributed by atoms with E-state index in [0.29, 0.717) is 11.6 Å². The van der Waals surface area contributed by atoms with Crippen LogP contribution in [-0.4, -0.2) is 47.6 Å². The Bertz CT molecular complexity index is 599. The molecule has 20 heavy (non-hydrogen) atoms. The standard InChI is InChI=1S/C10H15N5O3S2/c11-7-3-8(12)15-10(14-7)19-4-9(16)13-6-1-2-20(17,18)5-6/h3,6H,1-2,4-5H2,(H,13,16)(H4,11,12,14,15)/t6-/m1/s1. The van der Waals surface area contributed by atoms with E-state index in [-0.39, 0.29) is 40.8 Å². The number of nitrogens with one attached hydrogen (secondary N) is 1. The Morgan fingerprint density at radius 2 is 2.05 bits per heavy atom. The van der Waals surface area contributed by atoms with Gasteiger partial charge in [0.15, 0.2) is 15.0 Å². The van der Waals surface area contributed by atoms with Crippen LogP contribution in [0.4, 0.5) is 11.6 Å². The number of hydrogen-bond donors (Lipinski definition) is 3. The number of nitrogens with zero attached hydrogens (tertiary/aromatic N) is 2. The van der Waals surface area contributed by atoms with Gasteiger partial charge >= 0.3 is 0 Å². The lowest BCUT2D eigenvalue weighted by molar-refractivity contribution is -0.119. The Labute approximate surface area is 120 Å². The lowest BCUT2D eigenvalue weighted by Gasteiger charge is -2.10. The zero-order valence-corrected chi connectivity index (χ0v) is 12.2. The average Bonchev–Trinajstić information content (AvgIpc) is 2.65. The van der Waals surface area contributed by atoms with Gasteiger partial charge in [0.2, 0.25) is 5.91 Å². The van der Waals surface area contributed by atoms with Gasteiger partial charge in [0, 0.05) is 12.1 Å². The molecule has 8 nitrogen and oxygen atoms in total. The second kappa shape index (κ2) is 5.83. The minimum Gasteiger partial charge on any atom is -0.383 e. The number of sulfone groups is 1. The number of nitrogen functional groups attached to an aromatic ring is 2. The van der Waals surface area contributed by atoms with Gasteiger partial charge in [0.05, 0.1) is 17.3 Å². The number of rotatable bonds is 4. The summed E-state index contributed by atoms with van der Waals surface area (Å²) in [6.07, 6.45) is 0.459. The zero-order chi connectivity index (χ0) is 14.8. The van der Waals surface area contributed by atoms with E-state index in [1.165, 1.54) is 6.07 Å². The van der Waals surface area contributed by atoms with E-state index < -0.39 is 9.84 Å². The molecule has 1 atom stereocenters. The molecule has 0 bridgehead atoms. The van der Waals surface area contributed by atoms with Crippen LogP contribution in [0.25, 0.3) is 0 Å². The first-order valence-electron chi connectivity index (χ1n) is 5.87. The van der Waals surface area contributed by atoms with Crippen molar-refractivity contribution in [1.29, 1.82) is 0 Å². The lowest BCUT2D eigenvalue weighted by atomic mass is 10.3. The minimum atomic E-state index is -3.00. The van der Waals surface area contributed by atoms with Crippen LogP contribution in [0.3, 0.4) is 0 Å². The highest BCUT2D eigenvalue weighted by Crippen LogP contribution is 2.16. The summed E-state index contributed by atoms with van der Waals surface area (Å²) in [5.41, 5.74) is 11.0. The molecular formula is C10H15N5O3S2. The first-order chi connectivity index (χ1) is 9.34. The highest BCUT2D eigenvalue weighted by atomic mass is 32.2. The van der Waals surface area contributed by atoms with Crippen LogP contribution >= 0.6 is 11.8 Å². The van der Waals surface area contributed by atoms with E-state index in [9.17, 15) is 13.2 Å². The van der Waals surface area contributed by atoms with Gasteiger partial charge in [-0.2, -0.15) is 0 Å². The fraction of sp³-hybridized carbons (Fsp3) is 0.500. The van der Waals surface area contributed by atoms with Gasteiger partial charge in [-0.05, 0) is 6.42 Å². The van der Waals surface area contributed by atoms with Gasteiger partial charge in [0.25, 0.3) is 0 Å². The molecule has 1 aromatic heterocycles. The molecule has 1 aliphatic heterocycles. The topological polar surface area (TPSA) is 141 Å². The van der Waals surface area contributed by atoms with E-state index in [0.717, 1.165) is 11.8 Å². The molecule has 0 aromatic carbocycles. The summed E-state index contributed by atoms with van der Waals surface area (Å²) in [6, 6.07) is 1.12. The fourth-order valence-electron chi connectivity index (χ4n) is 1.83. The number of aromatic nitrogens is 2. The largest absolute Gasteiger partial charge is 0.383 e. The molecule has 1 aromatic rings. The van der Waals surface area contributed by atoms with E-state index in [2.05, 4.69) is 15.3 Å². The summed E-state index contributed by atoms with van der Waals surface area (Å²) in [4.78, 5) is 19.6. The van der Waals surface area contributed by atoms with E-state index in [4.69, 9.17) is 11.5 Å². The zero-order valence-electron chi connectivity index (χ0n) is 10.6. The molecule has 0 aliphatic carbocycles. The summed E-state index contributed by atoms with van der Waals surface area (Å²) < 4.78 is 22.5. The van der Waals surface area contributed by atoms with Gasteiger partial charge in [-0.3, -0.25) is 4.79 Å². The van der Waals surface area contributed by atoms with Gasteiger partial charge < -0.3 is 16.8 Å². The monoisotopic (exact) mass is 317 g/mol. The third-order valence-corrected chi connectivity index (χ3v) is 5.29. The maximum atomic E-state index is 11.7. The number of thioether (sulfide) groups is 1. The van der Waals surface area contributed by atoms with Crippen LogP contribution in [0.5, 0.6) is 0 Å². The molecule has 5 N–H and O–H groups in total. The van der Waals surface area contributed by atoms with Crippen molar-refractivity contribution in [3.8, 4) is 0 Å². The Kier molecular flexibility index (Phi) is 4.33. The number of anilines is 2. The summed E-state index contributed by atoms with van der Waals surface area (Å²) in [5.74, 6) is 0.427. The molecule has 0 saturated carbocycles. The van der Waals surface area contributed by atoms with Gasteiger partial charge in [-0.25, -0.2) is 18.4 Å². The molecule has 1 fully saturated rings. The molecule has 1 aliphatic rings. The molecule has 0 radical (unpaired) electrons. The molecule has 2 rings (SSSR count). The van der Waals surface area contributed by atoms with Crippen molar-refractivity contribution < 1.29 is 13.2 Å². The summed E-state index contributed by atoms with van der Waals surface area (Å²) in [7, 11) is -3.00. The van der Waals surface area contributed by atoms with Gasteiger partial charge in [0.1, 0.15) is 11.6 Å². The fourth-order valence-corrected chi connectivity index (χ4v) is 4.19.